The number of nitrogens with one attached hydrogen (secondary N) is 2. The van der Waals surface area contributed by atoms with Crippen LogP contribution in [0.15, 0.2) is 36.5 Å². The van der Waals surface area contributed by atoms with Crippen molar-refractivity contribution in [1.29, 1.82) is 0 Å². The van der Waals surface area contributed by atoms with Gasteiger partial charge in [0.15, 0.2) is 12.4 Å². The SMILES string of the molecule is O=C(C[NH+]1CCN(c2ccccc2Cl)CC1)Nc1ncc(Cl)cc1Cl. The second kappa shape index (κ2) is 8.23. The fraction of sp³-hybridized carbons (Fsp3) is 0.294. The van der Waals surface area contributed by atoms with Crippen molar-refractivity contribution in [3.63, 3.8) is 0 Å². The number of hydrogen-bond donors (Lipinski definition) is 2. The number of amides is 1. The summed E-state index contributed by atoms with van der Waals surface area (Å²) in [5, 5.41) is 4.26. The first-order valence-electron chi connectivity index (χ1n) is 7.97. The number of aromatic nitrogens is 1. The highest BCUT2D eigenvalue weighted by Gasteiger charge is 2.23. The van der Waals surface area contributed by atoms with Crippen molar-refractivity contribution in [2.75, 3.05) is 42.9 Å². The highest BCUT2D eigenvalue weighted by Crippen LogP contribution is 2.25. The maximum Gasteiger partial charge on any atom is 0.280 e. The van der Waals surface area contributed by atoms with Gasteiger partial charge in [0.05, 0.1) is 46.9 Å². The van der Waals surface area contributed by atoms with Gasteiger partial charge in [0.2, 0.25) is 0 Å². The van der Waals surface area contributed by atoms with Gasteiger partial charge < -0.3 is 15.1 Å². The Bertz CT molecular complexity index is 763. The molecule has 8 heteroatoms. The van der Waals surface area contributed by atoms with Gasteiger partial charge in [0, 0.05) is 6.20 Å². The second-order valence-corrected chi connectivity index (χ2v) is 7.15. The van der Waals surface area contributed by atoms with Crippen LogP contribution in [-0.4, -0.2) is 43.6 Å². The van der Waals surface area contributed by atoms with Crippen LogP contribution in [0.5, 0.6) is 0 Å². The minimum atomic E-state index is -0.113. The van der Waals surface area contributed by atoms with Crippen molar-refractivity contribution in [3.05, 3.63) is 51.6 Å². The normalized spacial score (nSPS) is 15.2. The molecule has 1 amide bonds. The Balaban J connectivity index is 1.52. The smallest absolute Gasteiger partial charge is 0.280 e. The number of hydrogen-bond acceptors (Lipinski definition) is 3. The molecule has 0 spiro atoms. The quantitative estimate of drug-likeness (QED) is 0.828. The van der Waals surface area contributed by atoms with Crippen molar-refractivity contribution >= 4 is 52.2 Å². The summed E-state index contributed by atoms with van der Waals surface area (Å²) in [4.78, 5) is 19.7. The van der Waals surface area contributed by atoms with Gasteiger partial charge in [-0.15, -0.1) is 0 Å². The zero-order valence-electron chi connectivity index (χ0n) is 13.4. The van der Waals surface area contributed by atoms with Crippen LogP contribution in [0, 0.1) is 0 Å². The number of piperazine rings is 1. The zero-order valence-corrected chi connectivity index (χ0v) is 15.7. The Labute approximate surface area is 161 Å². The standard InChI is InChI=1S/C17H17Cl3N4O/c18-12-9-14(20)17(21-10-12)22-16(25)11-23-5-7-24(8-6-23)15-4-2-1-3-13(15)19/h1-4,9-10H,5-8,11H2,(H,21,22,25)/p+1. The summed E-state index contributed by atoms with van der Waals surface area (Å²) in [6.07, 6.45) is 1.46. The molecule has 1 fully saturated rings. The number of halogens is 3. The maximum atomic E-state index is 12.2. The molecule has 1 aliphatic rings. The molecule has 1 aromatic carbocycles. The summed E-state index contributed by atoms with van der Waals surface area (Å²) in [6.45, 7) is 3.80. The van der Waals surface area contributed by atoms with Crippen molar-refractivity contribution < 1.29 is 9.69 Å². The van der Waals surface area contributed by atoms with Crippen LogP contribution in [0.1, 0.15) is 0 Å². The summed E-state index contributed by atoms with van der Waals surface area (Å²) in [5.41, 5.74) is 1.05. The van der Waals surface area contributed by atoms with Gasteiger partial charge in [0.1, 0.15) is 0 Å². The summed E-state index contributed by atoms with van der Waals surface area (Å²) < 4.78 is 0. The molecule has 0 radical (unpaired) electrons. The van der Waals surface area contributed by atoms with Crippen molar-refractivity contribution in [3.8, 4) is 0 Å². The maximum absolute atomic E-state index is 12.2. The molecule has 0 bridgehead atoms. The Morgan fingerprint density at radius 1 is 1.16 bits per heavy atom. The zero-order chi connectivity index (χ0) is 17.8. The summed E-state index contributed by atoms with van der Waals surface area (Å²) in [6, 6.07) is 9.38. The van der Waals surface area contributed by atoms with Crippen molar-refractivity contribution in [2.24, 2.45) is 0 Å². The molecule has 5 nitrogen and oxygen atoms in total. The van der Waals surface area contributed by atoms with Gasteiger partial charge in [-0.3, -0.25) is 4.79 Å². The third kappa shape index (κ3) is 4.76. The molecule has 0 unspecified atom stereocenters. The average molecular weight is 401 g/mol. The van der Waals surface area contributed by atoms with Gasteiger partial charge in [-0.05, 0) is 18.2 Å². The van der Waals surface area contributed by atoms with Gasteiger partial charge in [-0.1, -0.05) is 46.9 Å². The summed E-state index contributed by atoms with van der Waals surface area (Å²) in [5.74, 6) is 0.225. The van der Waals surface area contributed by atoms with Crippen LogP contribution in [0.4, 0.5) is 11.5 Å². The number of para-hydroxylation sites is 1. The molecule has 0 aliphatic carbocycles. The average Bonchev–Trinajstić information content (AvgIpc) is 2.59. The van der Waals surface area contributed by atoms with Crippen LogP contribution in [0.2, 0.25) is 15.1 Å². The molecule has 2 N–H and O–H groups in total. The first-order valence-corrected chi connectivity index (χ1v) is 9.10. The van der Waals surface area contributed by atoms with E-state index in [-0.39, 0.29) is 5.91 Å². The lowest BCUT2D eigenvalue weighted by Crippen LogP contribution is -3.15. The fourth-order valence-corrected chi connectivity index (χ4v) is 3.54. The van der Waals surface area contributed by atoms with Gasteiger partial charge >= 0.3 is 0 Å². The number of nitrogens with zero attached hydrogens (tertiary/aromatic N) is 2. The largest absolute Gasteiger partial charge is 0.359 e. The third-order valence-corrected chi connectivity index (χ3v) is 4.95. The lowest BCUT2D eigenvalue weighted by molar-refractivity contribution is -0.892. The molecule has 0 atom stereocenters. The van der Waals surface area contributed by atoms with Crippen LogP contribution in [0.3, 0.4) is 0 Å². The summed E-state index contributed by atoms with van der Waals surface area (Å²) >= 11 is 18.1. The third-order valence-electron chi connectivity index (χ3n) is 4.14. The van der Waals surface area contributed by atoms with E-state index in [1.807, 2.05) is 24.3 Å². The summed E-state index contributed by atoms with van der Waals surface area (Å²) in [7, 11) is 0. The number of rotatable bonds is 4. The van der Waals surface area contributed by atoms with E-state index in [1.54, 1.807) is 6.07 Å². The van der Waals surface area contributed by atoms with E-state index in [9.17, 15) is 4.79 Å². The highest BCUT2D eigenvalue weighted by molar-refractivity contribution is 6.36. The minimum Gasteiger partial charge on any atom is -0.359 e. The van der Waals surface area contributed by atoms with E-state index >= 15 is 0 Å². The molecule has 1 aromatic heterocycles. The van der Waals surface area contributed by atoms with E-state index in [0.29, 0.717) is 22.4 Å². The van der Waals surface area contributed by atoms with Crippen LogP contribution in [-0.2, 0) is 4.79 Å². The van der Waals surface area contributed by atoms with E-state index in [0.717, 1.165) is 36.9 Å². The van der Waals surface area contributed by atoms with Crippen molar-refractivity contribution in [1.82, 2.24) is 4.98 Å². The number of pyridine rings is 1. The molecular formula is C17H18Cl3N4O+. The van der Waals surface area contributed by atoms with E-state index in [2.05, 4.69) is 15.2 Å². The van der Waals surface area contributed by atoms with E-state index < -0.39 is 0 Å². The number of quaternary nitrogens is 1. The molecule has 2 aromatic rings. The lowest BCUT2D eigenvalue weighted by atomic mass is 10.2. The Morgan fingerprint density at radius 2 is 1.88 bits per heavy atom. The topological polar surface area (TPSA) is 49.7 Å². The Hall–Kier alpha value is -1.53. The van der Waals surface area contributed by atoms with Gasteiger partial charge in [0.25, 0.3) is 5.91 Å². The Kier molecular flexibility index (Phi) is 6.02. The molecule has 1 aliphatic heterocycles. The minimum absolute atomic E-state index is 0.113. The molecular weight excluding hydrogens is 383 g/mol. The van der Waals surface area contributed by atoms with Crippen molar-refractivity contribution in [2.45, 2.75) is 0 Å². The number of anilines is 2. The monoisotopic (exact) mass is 399 g/mol. The lowest BCUT2D eigenvalue weighted by Gasteiger charge is -2.33. The first kappa shape index (κ1) is 18.3. The fourth-order valence-electron chi connectivity index (χ4n) is 2.86. The highest BCUT2D eigenvalue weighted by atomic mass is 35.5. The van der Waals surface area contributed by atoms with Crippen LogP contribution in [0.25, 0.3) is 0 Å². The van der Waals surface area contributed by atoms with E-state index in [4.69, 9.17) is 34.8 Å². The Morgan fingerprint density at radius 3 is 2.56 bits per heavy atom. The van der Waals surface area contributed by atoms with Gasteiger partial charge in [-0.2, -0.15) is 0 Å². The molecule has 2 heterocycles. The molecule has 0 saturated carbocycles. The predicted molar refractivity (Wildman–Crippen MR) is 102 cm³/mol. The number of carbonyl (C=O) groups is 1. The first-order chi connectivity index (χ1) is 12.0. The van der Waals surface area contributed by atoms with E-state index in [1.165, 1.54) is 11.1 Å². The molecule has 25 heavy (non-hydrogen) atoms. The predicted octanol–water partition coefficient (Wildman–Crippen LogP) is 2.39. The second-order valence-electron chi connectivity index (χ2n) is 5.90. The number of carbonyl (C=O) groups excluding carboxylic acids is 1. The van der Waals surface area contributed by atoms with Gasteiger partial charge in [-0.25, -0.2) is 4.98 Å². The van der Waals surface area contributed by atoms with Crippen LogP contribution < -0.4 is 15.1 Å². The number of benzene rings is 1. The molecule has 3 rings (SSSR count). The van der Waals surface area contributed by atoms with Crippen LogP contribution >= 0.6 is 34.8 Å². The molecule has 132 valence electrons. The molecule has 1 saturated heterocycles.